The van der Waals surface area contributed by atoms with Crippen LogP contribution in [0, 0.1) is 5.92 Å². The number of hydrogen-bond acceptors (Lipinski definition) is 3. The van der Waals surface area contributed by atoms with E-state index < -0.39 is 0 Å². The number of amides is 1. The van der Waals surface area contributed by atoms with Gasteiger partial charge in [-0.2, -0.15) is 0 Å². The van der Waals surface area contributed by atoms with Gasteiger partial charge in [0, 0.05) is 19.1 Å². The van der Waals surface area contributed by atoms with Crippen LogP contribution in [-0.2, 0) is 9.53 Å². The van der Waals surface area contributed by atoms with Crippen LogP contribution in [0.15, 0.2) is 0 Å². The molecule has 3 atom stereocenters. The fraction of sp³-hybridized carbons (Fsp3) is 0.944. The second-order valence-corrected chi connectivity index (χ2v) is 7.80. The molecule has 1 N–H and O–H groups in total. The van der Waals surface area contributed by atoms with Gasteiger partial charge in [0.05, 0.1) is 17.7 Å². The number of nitrogens with one attached hydrogen (secondary N) is 1. The van der Waals surface area contributed by atoms with Crippen molar-refractivity contribution in [2.24, 2.45) is 5.92 Å². The topological polar surface area (TPSA) is 41.6 Å². The Morgan fingerprint density at radius 2 is 1.86 bits per heavy atom. The Balaban J connectivity index is 1.91. The summed E-state index contributed by atoms with van der Waals surface area (Å²) in [7, 11) is 0. The van der Waals surface area contributed by atoms with Gasteiger partial charge in [0.15, 0.2) is 0 Å². The van der Waals surface area contributed by atoms with E-state index >= 15 is 0 Å². The molecule has 4 nitrogen and oxygen atoms in total. The normalized spacial score (nSPS) is 33.0. The largest absolute Gasteiger partial charge is 0.368 e. The van der Waals surface area contributed by atoms with Crippen molar-refractivity contribution >= 4 is 5.91 Å². The summed E-state index contributed by atoms with van der Waals surface area (Å²) >= 11 is 0. The number of hydrogen-bond donors (Lipinski definition) is 1. The Hall–Kier alpha value is -0.610. The molecule has 1 amide bonds. The van der Waals surface area contributed by atoms with Gasteiger partial charge in [0.25, 0.3) is 0 Å². The lowest BCUT2D eigenvalue weighted by Gasteiger charge is -2.58. The first-order chi connectivity index (χ1) is 10.3. The summed E-state index contributed by atoms with van der Waals surface area (Å²) in [4.78, 5) is 14.4. The molecule has 4 heteroatoms. The number of fused-ring (bicyclic) bond motifs is 3. The first kappa shape index (κ1) is 17.7. The molecule has 0 aromatic carbocycles. The molecule has 128 valence electrons. The van der Waals surface area contributed by atoms with Crippen molar-refractivity contribution in [3.8, 4) is 0 Å². The predicted octanol–water partition coefficient (Wildman–Crippen LogP) is 2.96. The molecule has 2 bridgehead atoms. The van der Waals surface area contributed by atoms with E-state index in [9.17, 15) is 4.79 Å². The van der Waals surface area contributed by atoms with E-state index in [2.05, 4.69) is 39.9 Å². The van der Waals surface area contributed by atoms with Crippen LogP contribution in [0.5, 0.6) is 0 Å². The highest BCUT2D eigenvalue weighted by Crippen LogP contribution is 2.49. The maximum Gasteiger partial charge on any atom is 0.236 e. The van der Waals surface area contributed by atoms with Gasteiger partial charge in [-0.1, -0.05) is 13.8 Å². The van der Waals surface area contributed by atoms with Gasteiger partial charge >= 0.3 is 0 Å². The first-order valence-corrected chi connectivity index (χ1v) is 9.03. The molecule has 0 aromatic heterocycles. The quantitative estimate of drug-likeness (QED) is 0.786. The Morgan fingerprint density at radius 3 is 2.36 bits per heavy atom. The number of carbonyl (C=O) groups is 1. The van der Waals surface area contributed by atoms with Crippen molar-refractivity contribution in [3.63, 3.8) is 0 Å². The highest BCUT2D eigenvalue weighted by atomic mass is 16.5. The third-order valence-electron chi connectivity index (χ3n) is 5.57. The molecular weight excluding hydrogens is 276 g/mol. The summed E-state index contributed by atoms with van der Waals surface area (Å²) in [5, 5.41) is 3.51. The maximum atomic E-state index is 12.4. The van der Waals surface area contributed by atoms with Crippen LogP contribution in [0.4, 0.5) is 0 Å². The summed E-state index contributed by atoms with van der Waals surface area (Å²) in [6.45, 7) is 13.0. The number of nitrogens with zero attached hydrogens (tertiary/aromatic N) is 1. The number of ether oxygens (including phenoxy) is 1. The van der Waals surface area contributed by atoms with E-state index in [4.69, 9.17) is 4.74 Å². The van der Waals surface area contributed by atoms with E-state index in [1.54, 1.807) is 0 Å². The van der Waals surface area contributed by atoms with E-state index in [-0.39, 0.29) is 17.1 Å². The Morgan fingerprint density at radius 1 is 1.23 bits per heavy atom. The van der Waals surface area contributed by atoms with Crippen molar-refractivity contribution in [1.29, 1.82) is 0 Å². The first-order valence-electron chi connectivity index (χ1n) is 9.03. The smallest absolute Gasteiger partial charge is 0.236 e. The van der Waals surface area contributed by atoms with E-state index in [0.29, 0.717) is 18.5 Å². The summed E-state index contributed by atoms with van der Waals surface area (Å²) < 4.78 is 6.37. The molecule has 1 saturated carbocycles. The zero-order chi connectivity index (χ0) is 16.4. The van der Waals surface area contributed by atoms with Crippen LogP contribution in [0.25, 0.3) is 0 Å². The van der Waals surface area contributed by atoms with Gasteiger partial charge < -0.3 is 15.0 Å². The molecule has 0 spiro atoms. The van der Waals surface area contributed by atoms with Crippen LogP contribution in [0.1, 0.15) is 66.7 Å². The average Bonchev–Trinajstić information content (AvgIpc) is 2.44. The Labute approximate surface area is 136 Å². The van der Waals surface area contributed by atoms with Crippen molar-refractivity contribution in [1.82, 2.24) is 10.2 Å². The Kier molecular flexibility index (Phi) is 5.54. The second-order valence-electron chi connectivity index (χ2n) is 7.80. The van der Waals surface area contributed by atoms with E-state index in [1.807, 2.05) is 4.90 Å². The minimum atomic E-state index is -0.126. The summed E-state index contributed by atoms with van der Waals surface area (Å²) in [5.41, 5.74) is -0.148. The molecule has 22 heavy (non-hydrogen) atoms. The molecule has 0 radical (unpaired) electrons. The molecule has 2 aliphatic heterocycles. The fourth-order valence-electron chi connectivity index (χ4n) is 4.25. The molecule has 3 rings (SSSR count). The zero-order valence-corrected chi connectivity index (χ0v) is 15.1. The summed E-state index contributed by atoms with van der Waals surface area (Å²) in [6, 6.07) is 0.299. The van der Waals surface area contributed by atoms with Crippen molar-refractivity contribution in [3.05, 3.63) is 0 Å². The lowest BCUT2D eigenvalue weighted by molar-refractivity contribution is -0.243. The van der Waals surface area contributed by atoms with Crippen molar-refractivity contribution < 1.29 is 9.53 Å². The molecule has 3 unspecified atom stereocenters. The van der Waals surface area contributed by atoms with Gasteiger partial charge in [-0.3, -0.25) is 4.79 Å². The van der Waals surface area contributed by atoms with Crippen LogP contribution in [-0.4, -0.2) is 47.7 Å². The molecule has 2 heterocycles. The van der Waals surface area contributed by atoms with Crippen LogP contribution in [0.2, 0.25) is 0 Å². The highest BCUT2D eigenvalue weighted by Gasteiger charge is 2.53. The van der Waals surface area contributed by atoms with Gasteiger partial charge in [-0.25, -0.2) is 0 Å². The fourth-order valence-corrected chi connectivity index (χ4v) is 4.25. The number of carbonyl (C=O) groups excluding carboxylic acids is 1. The maximum absolute atomic E-state index is 12.4. The van der Waals surface area contributed by atoms with Crippen molar-refractivity contribution in [2.75, 3.05) is 19.6 Å². The average molecular weight is 310 g/mol. The van der Waals surface area contributed by atoms with Gasteiger partial charge in [0.2, 0.25) is 5.91 Å². The van der Waals surface area contributed by atoms with E-state index in [1.165, 1.54) is 6.42 Å². The molecule has 3 fully saturated rings. The minimum absolute atomic E-state index is 0.0222. The second kappa shape index (κ2) is 6.88. The lowest BCUT2D eigenvalue weighted by atomic mass is 9.66. The van der Waals surface area contributed by atoms with Crippen LogP contribution in [0.3, 0.4) is 0 Å². The zero-order valence-electron chi connectivity index (χ0n) is 15.1. The van der Waals surface area contributed by atoms with E-state index in [0.717, 1.165) is 38.8 Å². The monoisotopic (exact) mass is 310 g/mol. The highest BCUT2D eigenvalue weighted by molar-refractivity contribution is 5.78. The molecule has 2 saturated heterocycles. The SMILES string of the molecule is CCCN(CCC)C(=O)CNC1CC2CCC1(C)OC2(C)C. The van der Waals surface area contributed by atoms with Crippen molar-refractivity contribution in [2.45, 2.75) is 84.0 Å². The summed E-state index contributed by atoms with van der Waals surface area (Å²) in [6.07, 6.45) is 5.50. The summed E-state index contributed by atoms with van der Waals surface area (Å²) in [5.74, 6) is 0.831. The van der Waals surface area contributed by atoms with Crippen LogP contribution < -0.4 is 5.32 Å². The Bertz CT molecular complexity index is 391. The third kappa shape index (κ3) is 3.65. The van der Waals surface area contributed by atoms with Gasteiger partial charge in [0.1, 0.15) is 0 Å². The van der Waals surface area contributed by atoms with Gasteiger partial charge in [-0.05, 0) is 58.8 Å². The molecular formula is C18H34N2O2. The lowest BCUT2D eigenvalue weighted by Crippen LogP contribution is -2.65. The van der Waals surface area contributed by atoms with Crippen LogP contribution >= 0.6 is 0 Å². The molecule has 3 aliphatic rings. The predicted molar refractivity (Wildman–Crippen MR) is 89.9 cm³/mol. The third-order valence-corrected chi connectivity index (χ3v) is 5.57. The standard InChI is InChI=1S/C18H34N2O2/c1-6-10-20(11-7-2)16(21)13-19-15-12-14-8-9-18(15,5)22-17(14,3)4/h14-15,19H,6-13H2,1-5H3. The van der Waals surface area contributed by atoms with Gasteiger partial charge in [-0.15, -0.1) is 0 Å². The molecule has 0 aromatic rings. The molecule has 1 aliphatic carbocycles. The minimum Gasteiger partial charge on any atom is -0.368 e. The number of rotatable bonds is 7.